The van der Waals surface area contributed by atoms with Gasteiger partial charge in [0.1, 0.15) is 13.2 Å². The van der Waals surface area contributed by atoms with Crippen molar-refractivity contribution in [2.45, 2.75) is 193 Å². The van der Waals surface area contributed by atoms with Gasteiger partial charge in [-0.1, -0.05) is 142 Å². The van der Waals surface area contributed by atoms with Crippen molar-refractivity contribution in [2.24, 2.45) is 0 Å². The number of unbranched alkanes of at least 4 members (excludes halogenated alkanes) is 20. The highest BCUT2D eigenvalue weighted by Crippen LogP contribution is 2.18. The molecule has 0 unspecified atom stereocenters. The summed E-state index contributed by atoms with van der Waals surface area (Å²) in [4.78, 5) is 32.2. The summed E-state index contributed by atoms with van der Waals surface area (Å²) in [6.07, 6.45) is 32.7. The molecule has 0 spiro atoms. The molecule has 1 heterocycles. The van der Waals surface area contributed by atoms with Gasteiger partial charge < -0.3 is 19.3 Å². The van der Waals surface area contributed by atoms with Crippen LogP contribution in [0.1, 0.15) is 187 Å². The minimum absolute atomic E-state index is 0.0648. The van der Waals surface area contributed by atoms with Crippen LogP contribution in [-0.2, 0) is 19.1 Å². The van der Waals surface area contributed by atoms with Crippen molar-refractivity contribution in [3.8, 4) is 0 Å². The van der Waals surface area contributed by atoms with Gasteiger partial charge >= 0.3 is 11.9 Å². The van der Waals surface area contributed by atoms with Gasteiger partial charge in [-0.05, 0) is 72.4 Å². The summed E-state index contributed by atoms with van der Waals surface area (Å²) in [5, 5.41) is 0. The summed E-state index contributed by atoms with van der Waals surface area (Å²) in [7, 11) is 4.28. The summed E-state index contributed by atoms with van der Waals surface area (Å²) >= 11 is 0. The van der Waals surface area contributed by atoms with Gasteiger partial charge in [0.2, 0.25) is 0 Å². The molecule has 290 valence electrons. The lowest BCUT2D eigenvalue weighted by atomic mass is 10.0. The van der Waals surface area contributed by atoms with Crippen LogP contribution in [-0.4, -0.2) is 99.3 Å². The van der Waals surface area contributed by atoms with Gasteiger partial charge in [0.25, 0.3) is 0 Å². The van der Waals surface area contributed by atoms with E-state index in [-0.39, 0.29) is 11.9 Å². The number of piperidine rings is 1. The minimum atomic E-state index is -0.0648. The van der Waals surface area contributed by atoms with E-state index in [1.54, 1.807) is 0 Å². The van der Waals surface area contributed by atoms with Gasteiger partial charge in [-0.15, -0.1) is 0 Å². The van der Waals surface area contributed by atoms with Crippen molar-refractivity contribution >= 4 is 11.9 Å². The molecule has 0 N–H and O–H groups in total. The zero-order valence-corrected chi connectivity index (χ0v) is 33.3. The van der Waals surface area contributed by atoms with E-state index in [4.69, 9.17) is 9.47 Å². The Morgan fingerprint density at radius 2 is 0.898 bits per heavy atom. The van der Waals surface area contributed by atoms with Crippen LogP contribution in [0.3, 0.4) is 0 Å². The quantitative estimate of drug-likeness (QED) is 0.0484. The Labute approximate surface area is 305 Å². The third-order valence-corrected chi connectivity index (χ3v) is 10.4. The first-order valence-electron chi connectivity index (χ1n) is 21.4. The smallest absolute Gasteiger partial charge is 0.305 e. The number of ether oxygens (including phenoxy) is 2. The monoisotopic (exact) mass is 694 g/mol. The van der Waals surface area contributed by atoms with Gasteiger partial charge in [0.15, 0.2) is 0 Å². The number of carbonyl (C=O) groups excluding carboxylic acids is 2. The van der Waals surface area contributed by atoms with Crippen LogP contribution in [0.2, 0.25) is 0 Å². The molecular formula is C42H83N3O4. The normalized spacial score (nSPS) is 14.2. The Hall–Kier alpha value is -1.18. The molecule has 7 nitrogen and oxygen atoms in total. The van der Waals surface area contributed by atoms with Crippen LogP contribution in [0.25, 0.3) is 0 Å². The Kier molecular flexibility index (Phi) is 31.7. The molecule has 0 aromatic rings. The molecule has 0 aliphatic carbocycles. The van der Waals surface area contributed by atoms with Crippen molar-refractivity contribution in [1.29, 1.82) is 0 Å². The molecule has 0 bridgehead atoms. The summed E-state index contributed by atoms with van der Waals surface area (Å²) in [6, 6.07) is 0.445. The Balaban J connectivity index is 2.28. The van der Waals surface area contributed by atoms with Crippen LogP contribution in [0.15, 0.2) is 0 Å². The lowest BCUT2D eigenvalue weighted by Gasteiger charge is -2.38. The lowest BCUT2D eigenvalue weighted by molar-refractivity contribution is -0.145. The fraction of sp³-hybridized carbons (Fsp3) is 0.952. The highest BCUT2D eigenvalue weighted by atomic mass is 16.5. The zero-order chi connectivity index (χ0) is 35.6. The van der Waals surface area contributed by atoms with Gasteiger partial charge in [-0.2, -0.15) is 0 Å². The third-order valence-electron chi connectivity index (χ3n) is 10.4. The maximum atomic E-state index is 12.5. The molecule has 1 fully saturated rings. The first kappa shape index (κ1) is 45.8. The first-order valence-corrected chi connectivity index (χ1v) is 21.4. The summed E-state index contributed by atoms with van der Waals surface area (Å²) in [5.41, 5.74) is 0. The Morgan fingerprint density at radius 1 is 0.531 bits per heavy atom. The Morgan fingerprint density at radius 3 is 1.27 bits per heavy atom. The van der Waals surface area contributed by atoms with Crippen LogP contribution >= 0.6 is 0 Å². The summed E-state index contributed by atoms with van der Waals surface area (Å²) in [5.74, 6) is -0.130. The van der Waals surface area contributed by atoms with E-state index in [0.29, 0.717) is 45.2 Å². The van der Waals surface area contributed by atoms with Gasteiger partial charge in [0, 0.05) is 32.0 Å². The van der Waals surface area contributed by atoms with Crippen LogP contribution in [0.5, 0.6) is 0 Å². The number of hydrogen-bond acceptors (Lipinski definition) is 7. The van der Waals surface area contributed by atoms with Crippen molar-refractivity contribution in [2.75, 3.05) is 66.6 Å². The molecule has 0 aromatic heterocycles. The number of hydrogen-bond donors (Lipinski definition) is 0. The van der Waals surface area contributed by atoms with Crippen LogP contribution in [0, 0.1) is 0 Å². The van der Waals surface area contributed by atoms with Gasteiger partial charge in [-0.25, -0.2) is 0 Å². The average Bonchev–Trinajstić information content (AvgIpc) is 3.09. The summed E-state index contributed by atoms with van der Waals surface area (Å²) in [6.45, 7) is 11.3. The minimum Gasteiger partial charge on any atom is -0.464 e. The fourth-order valence-electron chi connectivity index (χ4n) is 7.16. The van der Waals surface area contributed by atoms with E-state index in [2.05, 4.69) is 42.6 Å². The predicted molar refractivity (Wildman–Crippen MR) is 208 cm³/mol. The lowest BCUT2D eigenvalue weighted by Crippen LogP contribution is -2.47. The maximum Gasteiger partial charge on any atom is 0.305 e. The van der Waals surface area contributed by atoms with Gasteiger partial charge in [-0.3, -0.25) is 14.5 Å². The Bertz CT molecular complexity index is 697. The molecule has 0 atom stereocenters. The van der Waals surface area contributed by atoms with E-state index >= 15 is 0 Å². The van der Waals surface area contributed by atoms with E-state index in [0.717, 1.165) is 64.7 Å². The molecule has 49 heavy (non-hydrogen) atoms. The molecule has 0 aromatic carbocycles. The van der Waals surface area contributed by atoms with Crippen molar-refractivity contribution < 1.29 is 19.1 Å². The van der Waals surface area contributed by atoms with Crippen molar-refractivity contribution in [1.82, 2.24) is 14.7 Å². The second-order valence-electron chi connectivity index (χ2n) is 15.3. The molecular weight excluding hydrogens is 610 g/mol. The molecule has 0 saturated carbocycles. The second kappa shape index (κ2) is 33.9. The number of likely N-dealkylation sites (tertiary alicyclic amines) is 1. The average molecular weight is 694 g/mol. The molecule has 1 aliphatic heterocycles. The van der Waals surface area contributed by atoms with E-state index in [9.17, 15) is 9.59 Å². The highest BCUT2D eigenvalue weighted by molar-refractivity contribution is 5.69. The molecule has 1 aliphatic rings. The standard InChI is InChI=1S/C42H83N3O4/c1-5-7-9-11-13-15-17-19-21-23-25-28-41(46)48-38-36-45(40-30-34-44(35-31-40)33-27-32-43(3)4)37-39-49-42(47)29-26-24-22-20-18-16-14-12-10-8-6-2/h40H,5-39H2,1-4H3. The molecule has 1 saturated heterocycles. The first-order chi connectivity index (χ1) is 24.0. The third kappa shape index (κ3) is 29.1. The SMILES string of the molecule is CCCCCCCCCCCCCC(=O)OCCN(CCOC(=O)CCCCCCCCCCCCC)C1CCN(CCCN(C)C)CC1. The largest absolute Gasteiger partial charge is 0.464 e. The number of carbonyl (C=O) groups is 2. The highest BCUT2D eigenvalue weighted by Gasteiger charge is 2.25. The molecule has 0 radical (unpaired) electrons. The topological polar surface area (TPSA) is 62.3 Å². The second-order valence-corrected chi connectivity index (χ2v) is 15.3. The molecule has 1 rings (SSSR count). The number of nitrogens with zero attached hydrogens (tertiary/aromatic N) is 3. The van der Waals surface area contributed by atoms with E-state index in [1.807, 2.05) is 0 Å². The predicted octanol–water partition coefficient (Wildman–Crippen LogP) is 10.2. The van der Waals surface area contributed by atoms with Crippen molar-refractivity contribution in [3.63, 3.8) is 0 Å². The number of rotatable bonds is 35. The molecule has 7 heteroatoms. The van der Waals surface area contributed by atoms with Crippen molar-refractivity contribution in [3.05, 3.63) is 0 Å². The maximum absolute atomic E-state index is 12.5. The molecule has 0 amide bonds. The fourth-order valence-corrected chi connectivity index (χ4v) is 7.16. The number of esters is 2. The van der Waals surface area contributed by atoms with Crippen LogP contribution < -0.4 is 0 Å². The van der Waals surface area contributed by atoms with E-state index in [1.165, 1.54) is 122 Å². The van der Waals surface area contributed by atoms with Gasteiger partial charge in [0.05, 0.1) is 0 Å². The van der Waals surface area contributed by atoms with E-state index < -0.39 is 0 Å². The zero-order valence-electron chi connectivity index (χ0n) is 33.3. The summed E-state index contributed by atoms with van der Waals surface area (Å²) < 4.78 is 11.4. The van der Waals surface area contributed by atoms with Crippen LogP contribution in [0.4, 0.5) is 0 Å².